The van der Waals surface area contributed by atoms with Gasteiger partial charge < -0.3 is 5.11 Å². The Bertz CT molecular complexity index is 364. The van der Waals surface area contributed by atoms with Crippen LogP contribution >= 0.6 is 0 Å². The summed E-state index contributed by atoms with van der Waals surface area (Å²) >= 11 is 0. The highest BCUT2D eigenvalue weighted by molar-refractivity contribution is 5.15. The number of nitrogens with zero attached hydrogens (tertiary/aromatic N) is 1. The Morgan fingerprint density at radius 3 is 2.88 bits per heavy atom. The van der Waals surface area contributed by atoms with Crippen molar-refractivity contribution in [1.29, 1.82) is 0 Å². The molecule has 3 rings (SSSR count). The quantitative estimate of drug-likeness (QED) is 0.835. The number of hydrogen-bond donors (Lipinski definition) is 1. The van der Waals surface area contributed by atoms with Gasteiger partial charge in [-0.15, -0.1) is 0 Å². The van der Waals surface area contributed by atoms with Gasteiger partial charge in [-0.1, -0.05) is 30.3 Å². The summed E-state index contributed by atoms with van der Waals surface area (Å²) < 4.78 is 0. The zero-order valence-electron chi connectivity index (χ0n) is 9.60. The number of aliphatic hydroxyl groups is 1. The van der Waals surface area contributed by atoms with Crippen LogP contribution in [0.25, 0.3) is 0 Å². The first kappa shape index (κ1) is 10.3. The van der Waals surface area contributed by atoms with Crippen molar-refractivity contribution in [2.45, 2.75) is 19.4 Å². The summed E-state index contributed by atoms with van der Waals surface area (Å²) in [6, 6.07) is 10.6. The predicted octanol–water partition coefficient (Wildman–Crippen LogP) is 1.89. The van der Waals surface area contributed by atoms with Gasteiger partial charge in [-0.25, -0.2) is 0 Å². The fourth-order valence-electron chi connectivity index (χ4n) is 3.12. The third-order valence-electron chi connectivity index (χ3n) is 4.26. The maximum Gasteiger partial charge on any atom is 0.0502 e. The molecule has 1 heterocycles. The number of likely N-dealkylation sites (tertiary alicyclic amines) is 1. The summed E-state index contributed by atoms with van der Waals surface area (Å²) in [4.78, 5) is 2.50. The minimum atomic E-state index is 0.271. The molecule has 1 aromatic carbocycles. The molecule has 0 aromatic heterocycles. The van der Waals surface area contributed by atoms with E-state index in [4.69, 9.17) is 0 Å². The first-order chi connectivity index (χ1) is 7.82. The Labute approximate surface area is 96.9 Å². The van der Waals surface area contributed by atoms with Crippen LogP contribution in [0.2, 0.25) is 0 Å². The van der Waals surface area contributed by atoms with Crippen molar-refractivity contribution < 1.29 is 5.11 Å². The average molecular weight is 217 g/mol. The maximum absolute atomic E-state index is 9.45. The second-order valence-corrected chi connectivity index (χ2v) is 5.41. The van der Waals surface area contributed by atoms with Crippen LogP contribution in [-0.4, -0.2) is 29.7 Å². The standard InChI is InChI=1S/C14H19NO/c16-11-14-8-13(14)6-7-15(10-14)9-12-4-2-1-3-5-12/h1-5,13,16H,6-11H2/t13-,14+/m1/s1. The lowest BCUT2D eigenvalue weighted by molar-refractivity contribution is 0.102. The fourth-order valence-corrected chi connectivity index (χ4v) is 3.12. The average Bonchev–Trinajstić information content (AvgIpc) is 3.05. The molecule has 86 valence electrons. The van der Waals surface area contributed by atoms with Crippen molar-refractivity contribution in [2.24, 2.45) is 11.3 Å². The second kappa shape index (κ2) is 3.86. The van der Waals surface area contributed by atoms with Crippen LogP contribution in [-0.2, 0) is 6.54 Å². The van der Waals surface area contributed by atoms with E-state index < -0.39 is 0 Å². The normalized spacial score (nSPS) is 33.4. The van der Waals surface area contributed by atoms with Crippen LogP contribution in [0.1, 0.15) is 18.4 Å². The van der Waals surface area contributed by atoms with E-state index in [0.717, 1.165) is 19.0 Å². The van der Waals surface area contributed by atoms with Crippen molar-refractivity contribution in [3.8, 4) is 0 Å². The van der Waals surface area contributed by atoms with Crippen molar-refractivity contribution >= 4 is 0 Å². The third kappa shape index (κ3) is 1.76. The number of aliphatic hydroxyl groups excluding tert-OH is 1. The van der Waals surface area contributed by atoms with E-state index in [0.29, 0.717) is 6.61 Å². The summed E-state index contributed by atoms with van der Waals surface area (Å²) in [6.45, 7) is 3.70. The molecule has 1 aliphatic carbocycles. The van der Waals surface area contributed by atoms with Gasteiger partial charge in [0.05, 0.1) is 6.61 Å². The summed E-state index contributed by atoms with van der Waals surface area (Å²) in [5.74, 6) is 0.810. The smallest absolute Gasteiger partial charge is 0.0502 e. The van der Waals surface area contributed by atoms with Crippen LogP contribution in [0.15, 0.2) is 30.3 Å². The van der Waals surface area contributed by atoms with Crippen molar-refractivity contribution in [3.63, 3.8) is 0 Å². The molecule has 0 amide bonds. The minimum absolute atomic E-state index is 0.271. The molecular weight excluding hydrogens is 198 g/mol. The Hall–Kier alpha value is -0.860. The molecule has 0 radical (unpaired) electrons. The van der Waals surface area contributed by atoms with Gasteiger partial charge in [-0.2, -0.15) is 0 Å². The van der Waals surface area contributed by atoms with Crippen LogP contribution in [0, 0.1) is 11.3 Å². The third-order valence-corrected chi connectivity index (χ3v) is 4.26. The zero-order valence-corrected chi connectivity index (χ0v) is 9.60. The van der Waals surface area contributed by atoms with E-state index in [1.807, 2.05) is 0 Å². The molecule has 1 saturated heterocycles. The number of fused-ring (bicyclic) bond motifs is 1. The fraction of sp³-hybridized carbons (Fsp3) is 0.571. The molecule has 2 fully saturated rings. The van der Waals surface area contributed by atoms with Gasteiger partial charge in [-0.05, 0) is 30.9 Å². The molecule has 2 heteroatoms. The van der Waals surface area contributed by atoms with Gasteiger partial charge in [-0.3, -0.25) is 4.90 Å². The lowest BCUT2D eigenvalue weighted by atomic mass is 9.98. The Balaban J connectivity index is 1.64. The van der Waals surface area contributed by atoms with E-state index in [9.17, 15) is 5.11 Å². The first-order valence-corrected chi connectivity index (χ1v) is 6.19. The molecule has 2 aliphatic rings. The van der Waals surface area contributed by atoms with Gasteiger partial charge in [0.2, 0.25) is 0 Å². The summed E-state index contributed by atoms with van der Waals surface area (Å²) in [5.41, 5.74) is 1.65. The molecule has 0 unspecified atom stereocenters. The number of rotatable bonds is 3. The van der Waals surface area contributed by atoms with Gasteiger partial charge in [0.15, 0.2) is 0 Å². The lowest BCUT2D eigenvalue weighted by Crippen LogP contribution is -2.37. The maximum atomic E-state index is 9.45. The lowest BCUT2D eigenvalue weighted by Gasteiger charge is -2.31. The first-order valence-electron chi connectivity index (χ1n) is 6.19. The topological polar surface area (TPSA) is 23.5 Å². The van der Waals surface area contributed by atoms with Gasteiger partial charge >= 0.3 is 0 Å². The predicted molar refractivity (Wildman–Crippen MR) is 64.0 cm³/mol. The van der Waals surface area contributed by atoms with Crippen molar-refractivity contribution in [2.75, 3.05) is 19.7 Å². The van der Waals surface area contributed by atoms with Crippen LogP contribution < -0.4 is 0 Å². The molecule has 0 spiro atoms. The van der Waals surface area contributed by atoms with E-state index in [2.05, 4.69) is 35.2 Å². The molecule has 1 N–H and O–H groups in total. The molecule has 2 nitrogen and oxygen atoms in total. The van der Waals surface area contributed by atoms with E-state index >= 15 is 0 Å². The summed E-state index contributed by atoms with van der Waals surface area (Å²) in [6.07, 6.45) is 2.52. The minimum Gasteiger partial charge on any atom is -0.396 e. The van der Waals surface area contributed by atoms with Crippen LogP contribution in [0.3, 0.4) is 0 Å². The molecule has 0 bridgehead atoms. The van der Waals surface area contributed by atoms with Crippen LogP contribution in [0.4, 0.5) is 0 Å². The SMILES string of the molecule is OC[C@@]12C[C@H]1CCN(Cc1ccccc1)C2. The molecular formula is C14H19NO. The highest BCUT2D eigenvalue weighted by Crippen LogP contribution is 2.56. The Kier molecular flexibility index (Phi) is 2.49. The van der Waals surface area contributed by atoms with E-state index in [-0.39, 0.29) is 5.41 Å². The number of piperidine rings is 1. The number of benzene rings is 1. The molecule has 16 heavy (non-hydrogen) atoms. The van der Waals surface area contributed by atoms with Gasteiger partial charge in [0.1, 0.15) is 0 Å². The highest BCUT2D eigenvalue weighted by atomic mass is 16.3. The highest BCUT2D eigenvalue weighted by Gasteiger charge is 2.55. The van der Waals surface area contributed by atoms with Crippen LogP contribution in [0.5, 0.6) is 0 Å². The zero-order chi connectivity index (χ0) is 11.0. The Morgan fingerprint density at radius 2 is 2.12 bits per heavy atom. The molecule has 1 aliphatic heterocycles. The van der Waals surface area contributed by atoms with Gasteiger partial charge in [0.25, 0.3) is 0 Å². The van der Waals surface area contributed by atoms with E-state index in [1.165, 1.54) is 24.9 Å². The second-order valence-electron chi connectivity index (χ2n) is 5.41. The van der Waals surface area contributed by atoms with Gasteiger partial charge in [0, 0.05) is 18.5 Å². The number of hydrogen-bond acceptors (Lipinski definition) is 2. The molecule has 1 aromatic rings. The Morgan fingerprint density at radius 1 is 1.31 bits per heavy atom. The monoisotopic (exact) mass is 217 g/mol. The summed E-state index contributed by atoms with van der Waals surface area (Å²) in [7, 11) is 0. The summed E-state index contributed by atoms with van der Waals surface area (Å²) in [5, 5.41) is 9.45. The molecule has 1 saturated carbocycles. The largest absolute Gasteiger partial charge is 0.396 e. The van der Waals surface area contributed by atoms with E-state index in [1.54, 1.807) is 0 Å². The van der Waals surface area contributed by atoms with Crippen molar-refractivity contribution in [1.82, 2.24) is 4.90 Å². The molecule has 2 atom stereocenters. The van der Waals surface area contributed by atoms with Crippen molar-refractivity contribution in [3.05, 3.63) is 35.9 Å².